The number of allylic oxidation sites excluding steroid dienone is 1. The van der Waals surface area contributed by atoms with Crippen molar-refractivity contribution in [2.24, 2.45) is 0 Å². The second-order valence-corrected chi connectivity index (χ2v) is 8.88. The molecule has 0 unspecified atom stereocenters. The van der Waals surface area contributed by atoms with Gasteiger partial charge in [-0.15, -0.1) is 0 Å². The van der Waals surface area contributed by atoms with Crippen molar-refractivity contribution in [3.63, 3.8) is 0 Å². The Labute approximate surface area is 206 Å². The number of likely N-dealkylation sites (tertiary alicyclic amines) is 1. The normalized spacial score (nSPS) is 16.1. The SMILES string of the molecule is CC(Cl)=CC(=O)N1CC[C@@H](n2c(=O)n(-c3ccc(Oc4ccccc4)cc3)c3c(N)ncnc32)C1. The van der Waals surface area contributed by atoms with Gasteiger partial charge in [0.05, 0.1) is 11.7 Å². The number of amides is 1. The van der Waals surface area contributed by atoms with Gasteiger partial charge < -0.3 is 15.4 Å². The number of nitrogens with two attached hydrogens (primary N) is 1. The highest BCUT2D eigenvalue weighted by atomic mass is 35.5. The van der Waals surface area contributed by atoms with Gasteiger partial charge in [0.25, 0.3) is 0 Å². The predicted octanol–water partition coefficient (Wildman–Crippen LogP) is 3.87. The molecule has 0 aliphatic carbocycles. The summed E-state index contributed by atoms with van der Waals surface area (Å²) in [6, 6.07) is 16.3. The van der Waals surface area contributed by atoms with E-state index in [1.165, 1.54) is 17.0 Å². The lowest BCUT2D eigenvalue weighted by atomic mass is 10.2. The number of hydrogen-bond acceptors (Lipinski definition) is 6. The van der Waals surface area contributed by atoms with E-state index >= 15 is 0 Å². The molecule has 2 aromatic carbocycles. The van der Waals surface area contributed by atoms with Gasteiger partial charge in [-0.1, -0.05) is 29.8 Å². The third-order valence-corrected chi connectivity index (χ3v) is 6.03. The minimum Gasteiger partial charge on any atom is -0.457 e. The van der Waals surface area contributed by atoms with E-state index in [1.807, 2.05) is 30.3 Å². The lowest BCUT2D eigenvalue weighted by Crippen LogP contribution is -2.31. The van der Waals surface area contributed by atoms with Crippen LogP contribution in [-0.2, 0) is 4.79 Å². The molecule has 1 aliphatic heterocycles. The van der Waals surface area contributed by atoms with E-state index in [0.29, 0.717) is 52.9 Å². The van der Waals surface area contributed by atoms with Crippen LogP contribution in [0.2, 0.25) is 0 Å². The van der Waals surface area contributed by atoms with Crippen LogP contribution in [0, 0.1) is 0 Å². The molecule has 10 heteroatoms. The number of rotatable bonds is 5. The molecule has 2 aromatic heterocycles. The van der Waals surface area contributed by atoms with Crippen LogP contribution < -0.4 is 16.2 Å². The Morgan fingerprint density at radius 2 is 1.83 bits per heavy atom. The molecule has 1 fully saturated rings. The number of halogens is 1. The van der Waals surface area contributed by atoms with Crippen molar-refractivity contribution in [1.82, 2.24) is 24.0 Å². The molecule has 0 radical (unpaired) electrons. The lowest BCUT2D eigenvalue weighted by Gasteiger charge is -2.15. The van der Waals surface area contributed by atoms with Crippen molar-refractivity contribution in [3.05, 3.63) is 82.5 Å². The van der Waals surface area contributed by atoms with Crippen LogP contribution in [0.15, 0.2) is 76.8 Å². The van der Waals surface area contributed by atoms with Crippen LogP contribution in [0.3, 0.4) is 0 Å². The predicted molar refractivity (Wildman–Crippen MR) is 134 cm³/mol. The zero-order valence-corrected chi connectivity index (χ0v) is 19.7. The Morgan fingerprint density at radius 1 is 1.11 bits per heavy atom. The number of anilines is 1. The molecular formula is C25H23ClN6O3. The van der Waals surface area contributed by atoms with Crippen molar-refractivity contribution < 1.29 is 9.53 Å². The first-order valence-electron chi connectivity index (χ1n) is 11.1. The smallest absolute Gasteiger partial charge is 0.335 e. The second-order valence-electron chi connectivity index (χ2n) is 8.29. The maximum atomic E-state index is 13.7. The summed E-state index contributed by atoms with van der Waals surface area (Å²) < 4.78 is 8.97. The van der Waals surface area contributed by atoms with E-state index in [2.05, 4.69) is 9.97 Å². The summed E-state index contributed by atoms with van der Waals surface area (Å²) in [5.74, 6) is 1.36. The molecule has 0 spiro atoms. The van der Waals surface area contributed by atoms with Gasteiger partial charge in [-0.05, 0) is 49.7 Å². The second kappa shape index (κ2) is 9.27. The zero-order chi connectivity index (χ0) is 24.5. The molecule has 5 rings (SSSR count). The van der Waals surface area contributed by atoms with Crippen molar-refractivity contribution in [2.45, 2.75) is 19.4 Å². The minimum atomic E-state index is -0.299. The number of benzene rings is 2. The molecule has 1 atom stereocenters. The Balaban J connectivity index is 1.52. The number of nitrogen functional groups attached to an aromatic ring is 1. The molecule has 2 N–H and O–H groups in total. The zero-order valence-electron chi connectivity index (χ0n) is 19.0. The van der Waals surface area contributed by atoms with Crippen LogP contribution in [0.25, 0.3) is 16.9 Å². The van der Waals surface area contributed by atoms with Crippen LogP contribution in [-0.4, -0.2) is 43.0 Å². The van der Waals surface area contributed by atoms with Gasteiger partial charge in [0, 0.05) is 24.2 Å². The van der Waals surface area contributed by atoms with E-state index < -0.39 is 0 Å². The first-order valence-corrected chi connectivity index (χ1v) is 11.5. The third kappa shape index (κ3) is 4.38. The van der Waals surface area contributed by atoms with Gasteiger partial charge in [-0.25, -0.2) is 14.8 Å². The van der Waals surface area contributed by atoms with Gasteiger partial charge in [-0.2, -0.15) is 0 Å². The number of para-hydroxylation sites is 1. The molecule has 9 nitrogen and oxygen atoms in total. The number of nitrogens with zero attached hydrogens (tertiary/aromatic N) is 5. The van der Waals surface area contributed by atoms with E-state index in [-0.39, 0.29) is 23.5 Å². The highest BCUT2D eigenvalue weighted by molar-refractivity contribution is 6.30. The maximum absolute atomic E-state index is 13.7. The number of aromatic nitrogens is 4. The average molecular weight is 491 g/mol. The van der Waals surface area contributed by atoms with Crippen LogP contribution in [0.4, 0.5) is 5.82 Å². The standard InChI is InChI=1S/C25H23ClN6O3/c1-16(26)13-21(33)30-12-11-18(14-30)32-24-22(23(27)28-15-29-24)31(25(32)34)17-7-9-20(10-8-17)35-19-5-3-2-4-6-19/h2-10,13,15,18H,11-12,14H2,1H3,(H2,27,28,29)/t18-/m1/s1. The highest BCUT2D eigenvalue weighted by Crippen LogP contribution is 2.29. The van der Waals surface area contributed by atoms with Crippen LogP contribution in [0.5, 0.6) is 11.5 Å². The molecule has 1 aliphatic rings. The Bertz CT molecular complexity index is 1470. The van der Waals surface area contributed by atoms with Gasteiger partial charge in [0.15, 0.2) is 11.5 Å². The van der Waals surface area contributed by atoms with E-state index in [1.54, 1.807) is 40.7 Å². The summed E-state index contributed by atoms with van der Waals surface area (Å²) in [5, 5.41) is 0.410. The molecule has 0 bridgehead atoms. The number of carbonyl (C=O) groups excluding carboxylic acids is 1. The monoisotopic (exact) mass is 490 g/mol. The first-order chi connectivity index (χ1) is 16.9. The fourth-order valence-corrected chi connectivity index (χ4v) is 4.43. The molecular weight excluding hydrogens is 468 g/mol. The average Bonchev–Trinajstić information content (AvgIpc) is 3.43. The summed E-state index contributed by atoms with van der Waals surface area (Å²) in [6.45, 7) is 2.53. The van der Waals surface area contributed by atoms with Crippen molar-refractivity contribution in [2.75, 3.05) is 18.8 Å². The number of imidazole rings is 1. The molecule has 0 saturated carbocycles. The van der Waals surface area contributed by atoms with Gasteiger partial charge in [0.1, 0.15) is 23.3 Å². The number of ether oxygens (including phenoxy) is 1. The summed E-state index contributed by atoms with van der Waals surface area (Å²) >= 11 is 5.87. The van der Waals surface area contributed by atoms with E-state index in [4.69, 9.17) is 22.1 Å². The van der Waals surface area contributed by atoms with Crippen molar-refractivity contribution in [3.8, 4) is 17.2 Å². The van der Waals surface area contributed by atoms with Crippen LogP contribution in [0.1, 0.15) is 19.4 Å². The highest BCUT2D eigenvalue weighted by Gasteiger charge is 2.31. The Kier molecular flexibility index (Phi) is 6.00. The largest absolute Gasteiger partial charge is 0.457 e. The molecule has 3 heterocycles. The quantitative estimate of drug-likeness (QED) is 0.425. The summed E-state index contributed by atoms with van der Waals surface area (Å²) in [5.41, 5.74) is 7.36. The molecule has 4 aromatic rings. The van der Waals surface area contributed by atoms with Gasteiger partial charge in [0.2, 0.25) is 5.91 Å². The molecule has 1 saturated heterocycles. The molecule has 1 amide bonds. The molecule has 178 valence electrons. The number of carbonyl (C=O) groups is 1. The van der Waals surface area contributed by atoms with E-state index in [0.717, 1.165) is 0 Å². The maximum Gasteiger partial charge on any atom is 0.335 e. The first kappa shape index (κ1) is 22.7. The topological polar surface area (TPSA) is 108 Å². The third-order valence-electron chi connectivity index (χ3n) is 5.92. The fourth-order valence-electron chi connectivity index (χ4n) is 4.34. The summed E-state index contributed by atoms with van der Waals surface area (Å²) in [7, 11) is 0. The summed E-state index contributed by atoms with van der Waals surface area (Å²) in [4.78, 5) is 36.3. The number of fused-ring (bicyclic) bond motifs is 1. The lowest BCUT2D eigenvalue weighted by molar-refractivity contribution is -0.125. The van der Waals surface area contributed by atoms with Gasteiger partial charge in [-0.3, -0.25) is 13.9 Å². The van der Waals surface area contributed by atoms with Gasteiger partial charge >= 0.3 is 5.69 Å². The minimum absolute atomic E-state index is 0.181. The summed E-state index contributed by atoms with van der Waals surface area (Å²) in [6.07, 6.45) is 3.33. The van der Waals surface area contributed by atoms with Crippen molar-refractivity contribution >= 4 is 34.5 Å². The Hall–Kier alpha value is -4.11. The van der Waals surface area contributed by atoms with Crippen LogP contribution >= 0.6 is 11.6 Å². The fraction of sp³-hybridized carbons (Fsp3) is 0.200. The van der Waals surface area contributed by atoms with E-state index in [9.17, 15) is 9.59 Å². The molecule has 35 heavy (non-hydrogen) atoms. The Morgan fingerprint density at radius 3 is 2.54 bits per heavy atom. The van der Waals surface area contributed by atoms with Crippen molar-refractivity contribution in [1.29, 1.82) is 0 Å². The number of hydrogen-bond donors (Lipinski definition) is 1.